The second-order valence-electron chi connectivity index (χ2n) is 5.67. The minimum Gasteiger partial charge on any atom is -0.483 e. The Bertz CT molecular complexity index is 810. The van der Waals surface area contributed by atoms with Gasteiger partial charge in [0.2, 0.25) is 0 Å². The molecule has 0 saturated heterocycles. The first-order valence-electron chi connectivity index (χ1n) is 7.47. The molecule has 2 aromatic rings. The lowest BCUT2D eigenvalue weighted by Crippen LogP contribution is -2.21. The molecule has 0 aliphatic carbocycles. The summed E-state index contributed by atoms with van der Waals surface area (Å²) in [6.07, 6.45) is 1.61. The molecule has 2 aromatic carbocycles. The fraction of sp³-hybridized carbons (Fsp3) is 0.167. The number of ether oxygens (including phenoxy) is 1. The van der Waals surface area contributed by atoms with E-state index in [1.165, 1.54) is 5.41 Å². The third kappa shape index (κ3) is 3.17. The minimum absolute atomic E-state index is 0.155. The maximum absolute atomic E-state index is 12.2. The zero-order chi connectivity index (χ0) is 17.3. The molecule has 1 amide bonds. The molecular formula is C18H19NO4S. The van der Waals surface area contributed by atoms with Gasteiger partial charge < -0.3 is 10.1 Å². The molecule has 0 fully saturated rings. The van der Waals surface area contributed by atoms with Gasteiger partial charge in [-0.2, -0.15) is 0 Å². The van der Waals surface area contributed by atoms with Crippen LogP contribution in [0.4, 0.5) is 5.69 Å². The van der Waals surface area contributed by atoms with Crippen molar-refractivity contribution in [1.29, 1.82) is 0 Å². The van der Waals surface area contributed by atoms with Gasteiger partial charge in [-0.05, 0) is 43.2 Å². The molecule has 1 aliphatic heterocycles. The quantitative estimate of drug-likeness (QED) is 0.767. The normalized spacial score (nSPS) is 15.7. The molecule has 1 heterocycles. The van der Waals surface area contributed by atoms with Crippen LogP contribution in [0.5, 0.6) is 5.75 Å². The number of para-hydroxylation sites is 1. The predicted octanol–water partition coefficient (Wildman–Crippen LogP) is 4.41. The van der Waals surface area contributed by atoms with E-state index in [9.17, 15) is 13.9 Å². The van der Waals surface area contributed by atoms with Gasteiger partial charge in [-0.25, -0.2) is 0 Å². The second kappa shape index (κ2) is 6.32. The summed E-state index contributed by atoms with van der Waals surface area (Å²) in [5, 5.41) is 4.22. The number of nitrogens with one attached hydrogen (secondary N) is 1. The van der Waals surface area contributed by atoms with Crippen molar-refractivity contribution in [3.05, 3.63) is 58.5 Å². The minimum atomic E-state index is -2.89. The number of anilines is 1. The highest BCUT2D eigenvalue weighted by Gasteiger charge is 2.24. The van der Waals surface area contributed by atoms with Gasteiger partial charge in [0.25, 0.3) is 5.91 Å². The molecule has 0 saturated carbocycles. The highest BCUT2D eigenvalue weighted by molar-refractivity contribution is 8.27. The number of carbonyl (C=O) groups is 1. The summed E-state index contributed by atoms with van der Waals surface area (Å²) in [4.78, 5) is 12.6. The van der Waals surface area contributed by atoms with Crippen molar-refractivity contribution in [2.24, 2.45) is 0 Å². The standard InChI is InChI=1S/C18H19NO4S/c1-12-5-3-6-13(2)18(12)19-17(20)11-23-15-7-4-8-16-14(15)9-10-24(16,21)22/h3-10,21-22H,11H2,1-2H3,(H,19,20). The highest BCUT2D eigenvalue weighted by Crippen LogP contribution is 2.57. The number of aryl methyl sites for hydroxylation is 2. The summed E-state index contributed by atoms with van der Waals surface area (Å²) in [6, 6.07) is 10.8. The number of fused-ring (bicyclic) bond motifs is 1. The van der Waals surface area contributed by atoms with Crippen molar-refractivity contribution < 1.29 is 18.6 Å². The van der Waals surface area contributed by atoms with Crippen molar-refractivity contribution in [3.63, 3.8) is 0 Å². The van der Waals surface area contributed by atoms with Crippen molar-refractivity contribution in [2.75, 3.05) is 11.9 Å². The lowest BCUT2D eigenvalue weighted by Gasteiger charge is -2.25. The molecule has 3 rings (SSSR count). The van der Waals surface area contributed by atoms with Crippen LogP contribution in [0.1, 0.15) is 16.7 Å². The van der Waals surface area contributed by atoms with Gasteiger partial charge in [0.1, 0.15) is 5.75 Å². The lowest BCUT2D eigenvalue weighted by molar-refractivity contribution is -0.118. The molecule has 0 aromatic heterocycles. The molecule has 0 bridgehead atoms. The van der Waals surface area contributed by atoms with E-state index in [4.69, 9.17) is 4.74 Å². The van der Waals surface area contributed by atoms with Crippen LogP contribution in [-0.4, -0.2) is 21.6 Å². The topological polar surface area (TPSA) is 78.8 Å². The Labute approximate surface area is 142 Å². The third-order valence-corrected chi connectivity index (χ3v) is 5.40. The molecule has 126 valence electrons. The average Bonchev–Trinajstić information content (AvgIpc) is 2.85. The van der Waals surface area contributed by atoms with Gasteiger partial charge >= 0.3 is 0 Å². The Kier molecular flexibility index (Phi) is 4.36. The van der Waals surface area contributed by atoms with Crippen LogP contribution < -0.4 is 10.1 Å². The fourth-order valence-corrected chi connectivity index (χ4v) is 3.89. The average molecular weight is 345 g/mol. The van der Waals surface area contributed by atoms with Gasteiger partial charge in [-0.15, -0.1) is 10.6 Å². The number of rotatable bonds is 4. The molecule has 0 radical (unpaired) electrons. The van der Waals surface area contributed by atoms with Crippen LogP contribution in [0.2, 0.25) is 0 Å². The molecule has 6 heteroatoms. The zero-order valence-corrected chi connectivity index (χ0v) is 14.3. The van der Waals surface area contributed by atoms with Crippen LogP contribution in [0.25, 0.3) is 6.08 Å². The van der Waals surface area contributed by atoms with Gasteiger partial charge in [-0.1, -0.05) is 24.3 Å². The zero-order valence-electron chi connectivity index (χ0n) is 13.4. The predicted molar refractivity (Wildman–Crippen MR) is 96.6 cm³/mol. The van der Waals surface area contributed by atoms with Gasteiger partial charge in [0.05, 0.1) is 4.90 Å². The van der Waals surface area contributed by atoms with Gasteiger partial charge in [0.15, 0.2) is 6.61 Å². The molecule has 0 atom stereocenters. The third-order valence-electron chi connectivity index (χ3n) is 3.88. The lowest BCUT2D eigenvalue weighted by atomic mass is 10.1. The number of carbonyl (C=O) groups excluding carboxylic acids is 1. The molecule has 5 nitrogen and oxygen atoms in total. The van der Waals surface area contributed by atoms with Crippen molar-refractivity contribution in [2.45, 2.75) is 18.7 Å². The first-order chi connectivity index (χ1) is 11.4. The summed E-state index contributed by atoms with van der Waals surface area (Å²) < 4.78 is 25.4. The summed E-state index contributed by atoms with van der Waals surface area (Å²) in [5.41, 5.74) is 3.37. The molecule has 3 N–H and O–H groups in total. The van der Waals surface area contributed by atoms with E-state index in [2.05, 4.69) is 5.32 Å². The van der Waals surface area contributed by atoms with Crippen molar-refractivity contribution in [1.82, 2.24) is 0 Å². The van der Waals surface area contributed by atoms with Crippen molar-refractivity contribution in [3.8, 4) is 5.75 Å². The molecule has 0 unspecified atom stereocenters. The van der Waals surface area contributed by atoms with E-state index < -0.39 is 10.6 Å². The summed E-state index contributed by atoms with van der Waals surface area (Å²) in [6.45, 7) is 3.71. The molecule has 24 heavy (non-hydrogen) atoms. The van der Waals surface area contributed by atoms with E-state index in [0.717, 1.165) is 16.8 Å². The Morgan fingerprint density at radius 1 is 1.12 bits per heavy atom. The van der Waals surface area contributed by atoms with E-state index >= 15 is 0 Å². The van der Waals surface area contributed by atoms with Gasteiger partial charge in [0, 0.05) is 16.7 Å². The summed E-state index contributed by atoms with van der Waals surface area (Å²) >= 11 is 0. The fourth-order valence-electron chi connectivity index (χ4n) is 2.64. The summed E-state index contributed by atoms with van der Waals surface area (Å²) in [7, 11) is -2.89. The summed E-state index contributed by atoms with van der Waals surface area (Å²) in [5.74, 6) is 0.191. The second-order valence-corrected chi connectivity index (χ2v) is 7.57. The van der Waals surface area contributed by atoms with E-state index in [-0.39, 0.29) is 12.5 Å². The van der Waals surface area contributed by atoms with E-state index in [0.29, 0.717) is 16.2 Å². The van der Waals surface area contributed by atoms with E-state index in [1.807, 2.05) is 32.0 Å². The van der Waals surface area contributed by atoms with Crippen LogP contribution in [-0.2, 0) is 4.79 Å². The number of hydrogen-bond acceptors (Lipinski definition) is 4. The first kappa shape index (κ1) is 16.6. The maximum Gasteiger partial charge on any atom is 0.262 e. The Balaban J connectivity index is 1.70. The molecule has 1 aliphatic rings. The first-order valence-corrected chi connectivity index (χ1v) is 9.08. The van der Waals surface area contributed by atoms with Crippen LogP contribution in [0.3, 0.4) is 0 Å². The maximum atomic E-state index is 12.2. The van der Waals surface area contributed by atoms with Gasteiger partial charge in [-0.3, -0.25) is 13.9 Å². The number of benzene rings is 2. The smallest absolute Gasteiger partial charge is 0.262 e. The SMILES string of the molecule is Cc1cccc(C)c1NC(=O)COc1cccc2c1C=CS2(O)O. The van der Waals surface area contributed by atoms with Crippen molar-refractivity contribution >= 4 is 28.3 Å². The van der Waals surface area contributed by atoms with Crippen LogP contribution >= 0.6 is 10.6 Å². The number of hydrogen-bond donors (Lipinski definition) is 3. The number of amides is 1. The van der Waals surface area contributed by atoms with E-state index in [1.54, 1.807) is 24.3 Å². The largest absolute Gasteiger partial charge is 0.483 e. The Morgan fingerprint density at radius 2 is 1.79 bits per heavy atom. The van der Waals surface area contributed by atoms with Crippen LogP contribution in [0, 0.1) is 13.8 Å². The Hall–Kier alpha value is -2.28. The van der Waals surface area contributed by atoms with Crippen LogP contribution in [0.15, 0.2) is 46.7 Å². The highest BCUT2D eigenvalue weighted by atomic mass is 32.3. The monoisotopic (exact) mass is 345 g/mol. The Morgan fingerprint density at radius 3 is 2.50 bits per heavy atom. The molecular weight excluding hydrogens is 326 g/mol. The molecule has 0 spiro atoms.